The molecule has 0 aliphatic rings. The van der Waals surface area contributed by atoms with E-state index >= 15 is 0 Å². The number of aromatic hydroxyl groups is 1. The molecule has 90 valence electrons. The van der Waals surface area contributed by atoms with Crippen molar-refractivity contribution in [1.82, 2.24) is 9.88 Å². The van der Waals surface area contributed by atoms with Crippen LogP contribution < -0.4 is 4.74 Å². The van der Waals surface area contributed by atoms with E-state index in [-0.39, 0.29) is 5.75 Å². The number of aromatic nitrogens is 1. The first-order valence-corrected chi connectivity index (χ1v) is 5.41. The predicted octanol–water partition coefficient (Wildman–Crippen LogP) is 2.01. The summed E-state index contributed by atoms with van der Waals surface area (Å²) in [5, 5.41) is 11.0. The van der Waals surface area contributed by atoms with Crippen LogP contribution in [0.3, 0.4) is 0 Å². The fourth-order valence-electron chi connectivity index (χ4n) is 1.90. The van der Waals surface area contributed by atoms with Crippen LogP contribution in [0.4, 0.5) is 0 Å². The molecule has 1 heterocycles. The van der Waals surface area contributed by atoms with Crippen LogP contribution in [0.2, 0.25) is 0 Å². The van der Waals surface area contributed by atoms with Crippen molar-refractivity contribution < 1.29 is 9.84 Å². The zero-order valence-corrected chi connectivity index (χ0v) is 10.3. The smallest absolute Gasteiger partial charge is 0.184 e. The van der Waals surface area contributed by atoms with Crippen molar-refractivity contribution in [1.29, 1.82) is 0 Å². The SMILES string of the molecule is COc1cc(CN(C)C)c2cccnc2c1O. The van der Waals surface area contributed by atoms with Gasteiger partial charge in [-0.1, -0.05) is 6.07 Å². The van der Waals surface area contributed by atoms with Crippen LogP contribution in [0.1, 0.15) is 5.56 Å². The number of pyridine rings is 1. The Hall–Kier alpha value is -1.81. The number of ether oxygens (including phenoxy) is 1. The molecule has 0 aliphatic carbocycles. The first-order chi connectivity index (χ1) is 8.13. The van der Waals surface area contributed by atoms with Crippen LogP contribution in [-0.2, 0) is 6.54 Å². The number of benzene rings is 1. The van der Waals surface area contributed by atoms with Crippen LogP contribution in [0.5, 0.6) is 11.5 Å². The molecule has 1 aromatic heterocycles. The summed E-state index contributed by atoms with van der Waals surface area (Å²) in [7, 11) is 5.55. The van der Waals surface area contributed by atoms with E-state index in [4.69, 9.17) is 4.74 Å². The normalized spacial score (nSPS) is 11.1. The zero-order chi connectivity index (χ0) is 12.4. The van der Waals surface area contributed by atoms with E-state index in [9.17, 15) is 5.11 Å². The minimum absolute atomic E-state index is 0.102. The summed E-state index contributed by atoms with van der Waals surface area (Å²) in [6.07, 6.45) is 1.67. The highest BCUT2D eigenvalue weighted by atomic mass is 16.5. The fourth-order valence-corrected chi connectivity index (χ4v) is 1.90. The van der Waals surface area contributed by atoms with Gasteiger partial charge in [-0.15, -0.1) is 0 Å². The van der Waals surface area contributed by atoms with E-state index in [0.29, 0.717) is 11.3 Å². The molecule has 2 aromatic rings. The molecule has 0 amide bonds. The van der Waals surface area contributed by atoms with Crippen molar-refractivity contribution in [3.63, 3.8) is 0 Å². The van der Waals surface area contributed by atoms with Crippen molar-refractivity contribution in [2.75, 3.05) is 21.2 Å². The Balaban J connectivity index is 2.69. The molecule has 2 rings (SSSR count). The number of phenolic OH excluding ortho intramolecular Hbond substituents is 1. The standard InChI is InChI=1S/C13H16N2O2/c1-15(2)8-9-7-11(17-3)13(16)12-10(9)5-4-6-14-12/h4-7,16H,8H2,1-3H3. The molecule has 0 unspecified atom stereocenters. The average Bonchev–Trinajstić information content (AvgIpc) is 2.32. The van der Waals surface area contributed by atoms with Gasteiger partial charge in [0.05, 0.1) is 7.11 Å². The number of hydrogen-bond acceptors (Lipinski definition) is 4. The van der Waals surface area contributed by atoms with E-state index in [0.717, 1.165) is 17.5 Å². The highest BCUT2D eigenvalue weighted by molar-refractivity contribution is 5.89. The summed E-state index contributed by atoms with van der Waals surface area (Å²) in [5.41, 5.74) is 1.68. The van der Waals surface area contributed by atoms with Crippen LogP contribution >= 0.6 is 0 Å². The molecule has 0 atom stereocenters. The van der Waals surface area contributed by atoms with Gasteiger partial charge in [-0.05, 0) is 31.8 Å². The van der Waals surface area contributed by atoms with Crippen LogP contribution in [0.15, 0.2) is 24.4 Å². The number of methoxy groups -OCH3 is 1. The Bertz CT molecular complexity index is 538. The van der Waals surface area contributed by atoms with Crippen molar-refractivity contribution in [3.8, 4) is 11.5 Å². The lowest BCUT2D eigenvalue weighted by Crippen LogP contribution is -2.11. The van der Waals surface area contributed by atoms with Gasteiger partial charge in [0.25, 0.3) is 0 Å². The quantitative estimate of drug-likeness (QED) is 0.879. The molecule has 0 spiro atoms. The minimum atomic E-state index is 0.102. The van der Waals surface area contributed by atoms with Gasteiger partial charge in [-0.25, -0.2) is 0 Å². The third-order valence-corrected chi connectivity index (χ3v) is 2.62. The van der Waals surface area contributed by atoms with Crippen molar-refractivity contribution >= 4 is 10.9 Å². The Kier molecular flexibility index (Phi) is 3.15. The van der Waals surface area contributed by atoms with Crippen LogP contribution in [0, 0.1) is 0 Å². The van der Waals surface area contributed by atoms with Gasteiger partial charge in [0.2, 0.25) is 0 Å². The first kappa shape index (κ1) is 11.7. The maximum atomic E-state index is 10.0. The maximum absolute atomic E-state index is 10.0. The van der Waals surface area contributed by atoms with E-state index in [1.54, 1.807) is 13.3 Å². The second kappa shape index (κ2) is 4.59. The number of phenols is 1. The van der Waals surface area contributed by atoms with E-state index in [2.05, 4.69) is 9.88 Å². The second-order valence-corrected chi connectivity index (χ2v) is 4.22. The van der Waals surface area contributed by atoms with Crippen molar-refractivity contribution in [2.45, 2.75) is 6.54 Å². The minimum Gasteiger partial charge on any atom is -0.503 e. The second-order valence-electron chi connectivity index (χ2n) is 4.22. The molecule has 0 bridgehead atoms. The summed E-state index contributed by atoms with van der Waals surface area (Å²) in [6, 6.07) is 5.69. The summed E-state index contributed by atoms with van der Waals surface area (Å²) in [6.45, 7) is 0.777. The predicted molar refractivity (Wildman–Crippen MR) is 67.4 cm³/mol. The molecule has 17 heavy (non-hydrogen) atoms. The number of nitrogens with zero attached hydrogens (tertiary/aromatic N) is 2. The largest absolute Gasteiger partial charge is 0.503 e. The van der Waals surface area contributed by atoms with Crippen LogP contribution in [0.25, 0.3) is 10.9 Å². The molecule has 0 saturated carbocycles. The third kappa shape index (κ3) is 2.17. The lowest BCUT2D eigenvalue weighted by atomic mass is 10.1. The summed E-state index contributed by atoms with van der Waals surface area (Å²) >= 11 is 0. The van der Waals surface area contributed by atoms with Gasteiger partial charge in [0.15, 0.2) is 11.5 Å². The maximum Gasteiger partial charge on any atom is 0.184 e. The molecular formula is C13H16N2O2. The topological polar surface area (TPSA) is 45.6 Å². The van der Waals surface area contributed by atoms with Gasteiger partial charge in [0.1, 0.15) is 5.52 Å². The highest BCUT2D eigenvalue weighted by Crippen LogP contribution is 2.35. The van der Waals surface area contributed by atoms with Crippen molar-refractivity contribution in [2.24, 2.45) is 0 Å². The van der Waals surface area contributed by atoms with Gasteiger partial charge in [-0.2, -0.15) is 0 Å². The van der Waals surface area contributed by atoms with E-state index in [1.165, 1.54) is 0 Å². The van der Waals surface area contributed by atoms with Gasteiger partial charge >= 0.3 is 0 Å². The highest BCUT2D eigenvalue weighted by Gasteiger charge is 2.12. The van der Waals surface area contributed by atoms with Gasteiger partial charge in [0, 0.05) is 18.1 Å². The first-order valence-electron chi connectivity index (χ1n) is 5.41. The number of rotatable bonds is 3. The van der Waals surface area contributed by atoms with Gasteiger partial charge in [-0.3, -0.25) is 4.98 Å². The average molecular weight is 232 g/mol. The Morgan fingerprint density at radius 3 is 2.82 bits per heavy atom. The van der Waals surface area contributed by atoms with E-state index in [1.807, 2.05) is 32.3 Å². The summed E-state index contributed by atoms with van der Waals surface area (Å²) in [4.78, 5) is 6.28. The Morgan fingerprint density at radius 1 is 1.41 bits per heavy atom. The monoisotopic (exact) mass is 232 g/mol. The Morgan fingerprint density at radius 2 is 2.18 bits per heavy atom. The Labute approximate surface area is 100 Å². The molecule has 4 heteroatoms. The molecule has 4 nitrogen and oxygen atoms in total. The third-order valence-electron chi connectivity index (χ3n) is 2.62. The lowest BCUT2D eigenvalue weighted by molar-refractivity contribution is 0.371. The summed E-state index contributed by atoms with van der Waals surface area (Å²) < 4.78 is 5.17. The molecule has 0 fully saturated rings. The van der Waals surface area contributed by atoms with Crippen LogP contribution in [-0.4, -0.2) is 36.2 Å². The van der Waals surface area contributed by atoms with E-state index < -0.39 is 0 Å². The molecule has 0 aliphatic heterocycles. The molecule has 0 saturated heterocycles. The lowest BCUT2D eigenvalue weighted by Gasteiger charge is -2.14. The van der Waals surface area contributed by atoms with Gasteiger partial charge < -0.3 is 14.7 Å². The number of fused-ring (bicyclic) bond motifs is 1. The zero-order valence-electron chi connectivity index (χ0n) is 10.3. The summed E-state index contributed by atoms with van der Waals surface area (Å²) in [5.74, 6) is 0.568. The number of hydrogen-bond donors (Lipinski definition) is 1. The fraction of sp³-hybridized carbons (Fsp3) is 0.308. The molecule has 1 N–H and O–H groups in total. The van der Waals surface area contributed by atoms with Crippen molar-refractivity contribution in [3.05, 3.63) is 30.0 Å². The molecular weight excluding hydrogens is 216 g/mol. The molecule has 0 radical (unpaired) electrons. The molecule has 1 aromatic carbocycles.